The quantitative estimate of drug-likeness (QED) is 0.191. The highest BCUT2D eigenvalue weighted by Crippen LogP contribution is 2.32. The molecule has 0 aliphatic rings. The van der Waals surface area contributed by atoms with Crippen LogP contribution in [0.1, 0.15) is 39.9 Å². The Labute approximate surface area is 242 Å². The van der Waals surface area contributed by atoms with Crippen molar-refractivity contribution in [1.82, 2.24) is 19.9 Å². The molecule has 0 unspecified atom stereocenters. The second kappa shape index (κ2) is 14.1. The lowest BCUT2D eigenvalue weighted by molar-refractivity contribution is 1.04. The van der Waals surface area contributed by atoms with Gasteiger partial charge in [-0.1, -0.05) is 111 Å². The number of hydrogen-bond acceptors (Lipinski definition) is 4. The summed E-state index contributed by atoms with van der Waals surface area (Å²) in [5.41, 5.74) is 6.94. The van der Waals surface area contributed by atoms with Gasteiger partial charge in [-0.25, -0.2) is 15.0 Å². The Morgan fingerprint density at radius 3 is 1.95 bits per heavy atom. The first kappa shape index (κ1) is 28.6. The maximum absolute atomic E-state index is 6.63. The Bertz CT molecular complexity index is 1590. The van der Waals surface area contributed by atoms with Crippen LogP contribution in [0.3, 0.4) is 0 Å². The molecule has 3 aromatic carbocycles. The van der Waals surface area contributed by atoms with Gasteiger partial charge in [0.2, 0.25) is 0 Å². The molecule has 0 aliphatic carbocycles. The van der Waals surface area contributed by atoms with Crippen LogP contribution in [0.4, 0.5) is 0 Å². The molecule has 4 nitrogen and oxygen atoms in total. The van der Waals surface area contributed by atoms with Gasteiger partial charge in [0, 0.05) is 34.1 Å². The first-order valence-electron chi connectivity index (χ1n) is 13.6. The van der Waals surface area contributed by atoms with Gasteiger partial charge >= 0.3 is 0 Å². The first-order chi connectivity index (χ1) is 19.6. The summed E-state index contributed by atoms with van der Waals surface area (Å²) in [4.78, 5) is 18.8. The predicted molar refractivity (Wildman–Crippen MR) is 169 cm³/mol. The van der Waals surface area contributed by atoms with Crippen LogP contribution in [0.2, 0.25) is 5.02 Å². The summed E-state index contributed by atoms with van der Waals surface area (Å²) < 4.78 is 0. The highest BCUT2D eigenvalue weighted by Gasteiger charge is 2.14. The minimum absolute atomic E-state index is 0.578. The zero-order chi connectivity index (χ0) is 28.3. The average molecular weight is 545 g/mol. The predicted octanol–water partition coefficient (Wildman–Crippen LogP) is 9.98. The van der Waals surface area contributed by atoms with E-state index in [0.29, 0.717) is 22.5 Å². The Morgan fingerprint density at radius 2 is 1.32 bits per heavy atom. The smallest absolute Gasteiger partial charge is 0.164 e. The zero-order valence-electron chi connectivity index (χ0n) is 23.3. The fourth-order valence-electron chi connectivity index (χ4n) is 4.17. The van der Waals surface area contributed by atoms with Crippen molar-refractivity contribution >= 4 is 17.2 Å². The van der Waals surface area contributed by atoms with E-state index in [1.807, 2.05) is 81.6 Å². The van der Waals surface area contributed by atoms with Crippen LogP contribution in [0.5, 0.6) is 0 Å². The Morgan fingerprint density at radius 1 is 0.700 bits per heavy atom. The molecule has 0 spiro atoms. The van der Waals surface area contributed by atoms with Crippen molar-refractivity contribution in [2.75, 3.05) is 0 Å². The second-order valence-corrected chi connectivity index (χ2v) is 9.21. The van der Waals surface area contributed by atoms with E-state index in [9.17, 15) is 0 Å². The van der Waals surface area contributed by atoms with Gasteiger partial charge in [0.25, 0.3) is 0 Å². The molecule has 5 heteroatoms. The van der Waals surface area contributed by atoms with Crippen LogP contribution in [0.15, 0.2) is 116 Å². The molecule has 2 aromatic heterocycles. The highest BCUT2D eigenvalue weighted by molar-refractivity contribution is 6.31. The van der Waals surface area contributed by atoms with E-state index in [4.69, 9.17) is 26.6 Å². The molecule has 0 fully saturated rings. The van der Waals surface area contributed by atoms with Gasteiger partial charge in [-0.05, 0) is 59.9 Å². The summed E-state index contributed by atoms with van der Waals surface area (Å²) in [7, 11) is 0. The third-order valence-corrected chi connectivity index (χ3v) is 6.36. The maximum Gasteiger partial charge on any atom is 0.164 e. The summed E-state index contributed by atoms with van der Waals surface area (Å²) in [6.07, 6.45) is 10.8. The molecular weight excluding hydrogens is 512 g/mol. The van der Waals surface area contributed by atoms with Crippen LogP contribution in [-0.2, 0) is 0 Å². The molecule has 0 saturated heterocycles. The fraction of sp³-hybridized carbons (Fsp3) is 0.143. The molecule has 5 rings (SSSR count). The molecule has 200 valence electrons. The van der Waals surface area contributed by atoms with Crippen molar-refractivity contribution in [3.63, 3.8) is 0 Å². The topological polar surface area (TPSA) is 51.6 Å². The molecule has 0 amide bonds. The highest BCUT2D eigenvalue weighted by atomic mass is 35.5. The normalized spacial score (nSPS) is 11.3. The van der Waals surface area contributed by atoms with Crippen LogP contribution < -0.4 is 0 Å². The molecule has 2 heterocycles. The van der Waals surface area contributed by atoms with E-state index in [1.165, 1.54) is 0 Å². The number of hydrogen-bond donors (Lipinski definition) is 0. The fourth-order valence-corrected chi connectivity index (χ4v) is 4.40. The second-order valence-electron chi connectivity index (χ2n) is 8.77. The monoisotopic (exact) mass is 544 g/mol. The largest absolute Gasteiger partial charge is 0.264 e. The SMILES string of the molecule is C/C=C(\C=C/CC)c1nc(-c2ccccc2)nc(-c2cc(Cl)cc(-c3ccc(-c4cccnc4)cc3)c2)n1.CC. The molecule has 0 atom stereocenters. The number of halogens is 1. The molecule has 5 aromatic rings. The van der Waals surface area contributed by atoms with Gasteiger partial charge in [0.15, 0.2) is 17.5 Å². The third-order valence-electron chi connectivity index (χ3n) is 6.14. The van der Waals surface area contributed by atoms with Crippen LogP contribution in [-0.4, -0.2) is 19.9 Å². The first-order valence-corrected chi connectivity index (χ1v) is 14.0. The zero-order valence-corrected chi connectivity index (χ0v) is 24.1. The minimum Gasteiger partial charge on any atom is -0.264 e. The lowest BCUT2D eigenvalue weighted by Gasteiger charge is -2.11. The van der Waals surface area contributed by atoms with Crippen molar-refractivity contribution in [3.05, 3.63) is 126 Å². The molecule has 0 aliphatic heterocycles. The summed E-state index contributed by atoms with van der Waals surface area (Å²) >= 11 is 6.63. The standard InChI is InChI=1S/C33H27ClN4.C2H6/c1-3-5-10-23(4-2)31-36-32(26-11-7-6-8-12-26)38-33(37-31)29-19-28(20-30(34)21-29)25-16-14-24(15-17-25)27-13-9-18-35-22-27;1-2/h4-22H,3H2,1-2H3;1-2H3/b10-5-,23-4+;. The number of aromatic nitrogens is 4. The summed E-state index contributed by atoms with van der Waals surface area (Å²) in [5, 5.41) is 0.620. The van der Waals surface area contributed by atoms with Crippen molar-refractivity contribution < 1.29 is 0 Å². The van der Waals surface area contributed by atoms with E-state index >= 15 is 0 Å². The van der Waals surface area contributed by atoms with Crippen LogP contribution in [0, 0.1) is 0 Å². The van der Waals surface area contributed by atoms with Crippen molar-refractivity contribution in [1.29, 1.82) is 0 Å². The van der Waals surface area contributed by atoms with Gasteiger partial charge in [0.05, 0.1) is 0 Å². The number of allylic oxidation sites excluding steroid dienone is 4. The van der Waals surface area contributed by atoms with Crippen LogP contribution >= 0.6 is 11.6 Å². The number of pyridine rings is 1. The Hall–Kier alpha value is -4.41. The van der Waals surface area contributed by atoms with Crippen molar-refractivity contribution in [3.8, 4) is 45.0 Å². The third kappa shape index (κ3) is 6.96. The molecule has 0 N–H and O–H groups in total. The van der Waals surface area contributed by atoms with Gasteiger partial charge in [-0.15, -0.1) is 0 Å². The van der Waals surface area contributed by atoms with Gasteiger partial charge < -0.3 is 0 Å². The number of nitrogens with zero attached hydrogens (tertiary/aromatic N) is 4. The lowest BCUT2D eigenvalue weighted by atomic mass is 9.99. The Kier molecular flexibility index (Phi) is 10.1. The molecule has 0 bridgehead atoms. The van der Waals surface area contributed by atoms with Crippen molar-refractivity contribution in [2.24, 2.45) is 0 Å². The Balaban J connectivity index is 0.00000181. The minimum atomic E-state index is 0.578. The molecular formula is C35H33ClN4. The molecule has 40 heavy (non-hydrogen) atoms. The average Bonchev–Trinajstić information content (AvgIpc) is 3.03. The number of rotatable bonds is 7. The van der Waals surface area contributed by atoms with E-state index in [-0.39, 0.29) is 0 Å². The summed E-state index contributed by atoms with van der Waals surface area (Å²) in [5.74, 6) is 1.83. The van der Waals surface area contributed by atoms with E-state index in [1.54, 1.807) is 6.20 Å². The lowest BCUT2D eigenvalue weighted by Crippen LogP contribution is -2.02. The van der Waals surface area contributed by atoms with Gasteiger partial charge in [-0.3, -0.25) is 4.98 Å². The molecule has 0 radical (unpaired) electrons. The molecule has 0 saturated carbocycles. The van der Waals surface area contributed by atoms with E-state index in [0.717, 1.165) is 45.4 Å². The van der Waals surface area contributed by atoms with Gasteiger partial charge in [0.1, 0.15) is 0 Å². The van der Waals surface area contributed by atoms with E-state index in [2.05, 4.69) is 60.5 Å². The summed E-state index contributed by atoms with van der Waals surface area (Å²) in [6.45, 7) is 8.10. The van der Waals surface area contributed by atoms with E-state index < -0.39 is 0 Å². The van der Waals surface area contributed by atoms with Gasteiger partial charge in [-0.2, -0.15) is 0 Å². The summed E-state index contributed by atoms with van der Waals surface area (Å²) in [6, 6.07) is 28.3. The van der Waals surface area contributed by atoms with Crippen LogP contribution in [0.25, 0.3) is 50.6 Å². The number of benzene rings is 3. The van der Waals surface area contributed by atoms with Crippen molar-refractivity contribution in [2.45, 2.75) is 34.1 Å². The maximum atomic E-state index is 6.63.